The highest BCUT2D eigenvalue weighted by molar-refractivity contribution is 7.18. The van der Waals surface area contributed by atoms with Crippen LogP contribution in [0.5, 0.6) is 0 Å². The Labute approximate surface area is 177 Å². The van der Waals surface area contributed by atoms with Crippen LogP contribution in [0.25, 0.3) is 0 Å². The van der Waals surface area contributed by atoms with Crippen molar-refractivity contribution in [3.63, 3.8) is 0 Å². The molecule has 1 heterocycles. The molecular weight excluding hydrogens is 412 g/mol. The van der Waals surface area contributed by atoms with Crippen molar-refractivity contribution in [1.82, 2.24) is 0 Å². The Balaban J connectivity index is 1.96. The Kier molecular flexibility index (Phi) is 8.07. The van der Waals surface area contributed by atoms with Crippen LogP contribution < -0.4 is 10.6 Å². The van der Waals surface area contributed by atoms with Crippen LogP contribution in [0.4, 0.5) is 10.7 Å². The maximum atomic E-state index is 12.2. The average Bonchev–Trinajstić information content (AvgIpc) is 3.02. The molecular formula is C20H22N2O7S. The van der Waals surface area contributed by atoms with Crippen molar-refractivity contribution in [3.05, 3.63) is 45.8 Å². The van der Waals surface area contributed by atoms with Gasteiger partial charge >= 0.3 is 11.9 Å². The van der Waals surface area contributed by atoms with Gasteiger partial charge in [0.15, 0.2) is 0 Å². The van der Waals surface area contributed by atoms with Crippen molar-refractivity contribution in [3.8, 4) is 0 Å². The fraction of sp³-hybridized carbons (Fsp3) is 0.300. The Morgan fingerprint density at radius 3 is 2.17 bits per heavy atom. The summed E-state index contributed by atoms with van der Waals surface area (Å²) in [5, 5.41) is 5.31. The molecule has 2 aromatic rings. The fourth-order valence-electron chi connectivity index (χ4n) is 2.56. The number of nitrogens with one attached hydrogen (secondary N) is 2. The van der Waals surface area contributed by atoms with E-state index in [9.17, 15) is 19.2 Å². The summed E-state index contributed by atoms with van der Waals surface area (Å²) < 4.78 is 14.5. The van der Waals surface area contributed by atoms with Gasteiger partial charge in [0.1, 0.15) is 23.1 Å². The van der Waals surface area contributed by atoms with E-state index in [1.807, 2.05) is 19.1 Å². The second-order valence-corrected chi connectivity index (χ2v) is 7.22. The molecule has 1 aromatic heterocycles. The minimum atomic E-state index is -0.701. The van der Waals surface area contributed by atoms with Gasteiger partial charge in [-0.25, -0.2) is 9.59 Å². The minimum Gasteiger partial charge on any atom is -0.465 e. The van der Waals surface area contributed by atoms with E-state index in [0.29, 0.717) is 11.3 Å². The van der Waals surface area contributed by atoms with Crippen LogP contribution in [0.3, 0.4) is 0 Å². The van der Waals surface area contributed by atoms with Crippen LogP contribution in [0.2, 0.25) is 0 Å². The zero-order valence-corrected chi connectivity index (χ0v) is 17.8. The molecule has 1 aromatic carbocycles. The van der Waals surface area contributed by atoms with Crippen LogP contribution in [0, 0.1) is 13.8 Å². The van der Waals surface area contributed by atoms with Gasteiger partial charge in [-0.05, 0) is 37.1 Å². The first kappa shape index (κ1) is 23.0. The first-order valence-electron chi connectivity index (χ1n) is 8.81. The number of esters is 2. The maximum absolute atomic E-state index is 12.2. The quantitative estimate of drug-likeness (QED) is 0.613. The van der Waals surface area contributed by atoms with E-state index in [2.05, 4.69) is 15.4 Å². The second kappa shape index (κ2) is 10.5. The molecule has 0 radical (unpaired) electrons. The number of ether oxygens (including phenoxy) is 3. The third-order valence-corrected chi connectivity index (χ3v) is 5.12. The SMILES string of the molecule is COC(=O)c1sc(NC(=O)COCC(=O)Nc2cccc(C)c2)c(C(=O)OC)c1C. The smallest absolute Gasteiger partial charge is 0.348 e. The number of amides is 2. The van der Waals surface area contributed by atoms with Crippen LogP contribution in [0.1, 0.15) is 31.2 Å². The highest BCUT2D eigenvalue weighted by atomic mass is 32.1. The molecule has 0 atom stereocenters. The molecule has 10 heteroatoms. The highest BCUT2D eigenvalue weighted by Gasteiger charge is 2.26. The number of hydrogen-bond donors (Lipinski definition) is 2. The Hall–Kier alpha value is -3.24. The molecule has 30 heavy (non-hydrogen) atoms. The van der Waals surface area contributed by atoms with E-state index >= 15 is 0 Å². The third-order valence-electron chi connectivity index (χ3n) is 3.93. The molecule has 0 bridgehead atoms. The predicted octanol–water partition coefficient (Wildman–Crippen LogP) is 2.53. The normalized spacial score (nSPS) is 10.3. The molecule has 0 aliphatic carbocycles. The lowest BCUT2D eigenvalue weighted by Gasteiger charge is -2.08. The maximum Gasteiger partial charge on any atom is 0.348 e. The number of carbonyl (C=O) groups excluding carboxylic acids is 4. The molecule has 0 aliphatic heterocycles. The summed E-state index contributed by atoms with van der Waals surface area (Å²) in [5.74, 6) is -2.34. The molecule has 2 N–H and O–H groups in total. The van der Waals surface area contributed by atoms with E-state index in [-0.39, 0.29) is 22.0 Å². The Morgan fingerprint density at radius 2 is 1.57 bits per heavy atom. The van der Waals surface area contributed by atoms with Gasteiger partial charge < -0.3 is 24.8 Å². The van der Waals surface area contributed by atoms with Crippen LogP contribution in [-0.4, -0.2) is 51.2 Å². The number of carbonyl (C=O) groups is 4. The molecule has 9 nitrogen and oxygen atoms in total. The van der Waals surface area contributed by atoms with Crippen LogP contribution in [0.15, 0.2) is 24.3 Å². The molecule has 0 aliphatic rings. The number of hydrogen-bond acceptors (Lipinski definition) is 8. The molecule has 160 valence electrons. The van der Waals surface area contributed by atoms with Crippen molar-refractivity contribution in [2.75, 3.05) is 38.1 Å². The van der Waals surface area contributed by atoms with Gasteiger partial charge in [-0.15, -0.1) is 11.3 Å². The van der Waals surface area contributed by atoms with Crippen molar-refractivity contribution < 1.29 is 33.4 Å². The highest BCUT2D eigenvalue weighted by Crippen LogP contribution is 2.34. The minimum absolute atomic E-state index is 0.0634. The monoisotopic (exact) mass is 434 g/mol. The lowest BCUT2D eigenvalue weighted by atomic mass is 10.1. The van der Waals surface area contributed by atoms with Gasteiger partial charge in [0.2, 0.25) is 5.91 Å². The number of benzene rings is 1. The molecule has 0 spiro atoms. The first-order chi connectivity index (χ1) is 14.3. The number of anilines is 2. The van der Waals surface area contributed by atoms with Gasteiger partial charge in [-0.1, -0.05) is 12.1 Å². The number of methoxy groups -OCH3 is 2. The molecule has 0 fully saturated rings. The van der Waals surface area contributed by atoms with Gasteiger partial charge in [-0.2, -0.15) is 0 Å². The van der Waals surface area contributed by atoms with E-state index in [1.165, 1.54) is 14.2 Å². The van der Waals surface area contributed by atoms with Crippen molar-refractivity contribution in [2.24, 2.45) is 0 Å². The summed E-state index contributed by atoms with van der Waals surface area (Å²) in [6, 6.07) is 7.25. The van der Waals surface area contributed by atoms with Crippen LogP contribution in [-0.2, 0) is 23.8 Å². The summed E-state index contributed by atoms with van der Waals surface area (Å²) >= 11 is 0.892. The van der Waals surface area contributed by atoms with Crippen molar-refractivity contribution in [2.45, 2.75) is 13.8 Å². The molecule has 0 saturated carbocycles. The van der Waals surface area contributed by atoms with E-state index in [4.69, 9.17) is 9.47 Å². The van der Waals surface area contributed by atoms with E-state index < -0.39 is 30.4 Å². The van der Waals surface area contributed by atoms with E-state index in [0.717, 1.165) is 16.9 Å². The Morgan fingerprint density at radius 1 is 0.933 bits per heavy atom. The molecule has 0 unspecified atom stereocenters. The summed E-state index contributed by atoms with van der Waals surface area (Å²) in [5.41, 5.74) is 2.02. The van der Waals surface area contributed by atoms with Gasteiger partial charge in [0.05, 0.1) is 19.8 Å². The molecule has 0 saturated heterocycles. The largest absolute Gasteiger partial charge is 0.465 e. The summed E-state index contributed by atoms with van der Waals surface area (Å²) in [4.78, 5) is 48.2. The first-order valence-corrected chi connectivity index (χ1v) is 9.62. The average molecular weight is 434 g/mol. The summed E-state index contributed by atoms with van der Waals surface area (Å²) in [6.45, 7) is 2.70. The number of thiophene rings is 1. The predicted molar refractivity (Wildman–Crippen MR) is 111 cm³/mol. The summed E-state index contributed by atoms with van der Waals surface area (Å²) in [7, 11) is 2.41. The lowest BCUT2D eigenvalue weighted by molar-refractivity contribution is -0.125. The van der Waals surface area contributed by atoms with Gasteiger partial charge in [-0.3, -0.25) is 9.59 Å². The topological polar surface area (TPSA) is 120 Å². The zero-order chi connectivity index (χ0) is 22.3. The van der Waals surface area contributed by atoms with Crippen molar-refractivity contribution >= 4 is 45.8 Å². The lowest BCUT2D eigenvalue weighted by Crippen LogP contribution is -2.24. The third kappa shape index (κ3) is 5.88. The standard InChI is InChI=1S/C20H22N2O7S/c1-11-6-5-7-13(8-11)21-14(23)9-29-10-15(24)22-18-16(19(25)27-3)12(2)17(30-18)20(26)28-4/h5-8H,9-10H2,1-4H3,(H,21,23)(H,22,24). The molecule has 2 rings (SSSR count). The number of aryl methyl sites for hydroxylation is 1. The van der Waals surface area contributed by atoms with Gasteiger partial charge in [0.25, 0.3) is 5.91 Å². The zero-order valence-electron chi connectivity index (χ0n) is 17.0. The van der Waals surface area contributed by atoms with Gasteiger partial charge in [0, 0.05) is 5.69 Å². The molecule has 2 amide bonds. The van der Waals surface area contributed by atoms with Crippen LogP contribution >= 0.6 is 11.3 Å². The summed E-state index contributed by atoms with van der Waals surface area (Å²) in [6.07, 6.45) is 0. The Bertz CT molecular complexity index is 968. The number of rotatable bonds is 8. The van der Waals surface area contributed by atoms with E-state index in [1.54, 1.807) is 19.1 Å². The second-order valence-electron chi connectivity index (χ2n) is 6.20. The van der Waals surface area contributed by atoms with Crippen molar-refractivity contribution in [1.29, 1.82) is 0 Å². The fourth-order valence-corrected chi connectivity index (χ4v) is 3.69.